The molecule has 0 bridgehead atoms. The number of nitrogens with zero attached hydrogens (tertiary/aromatic N) is 1. The minimum Gasteiger partial charge on any atom is -0.316 e. The maximum Gasteiger partial charge on any atom is 0.000405 e. The fourth-order valence-corrected chi connectivity index (χ4v) is 1.89. The van der Waals surface area contributed by atoms with Crippen LogP contribution in [-0.4, -0.2) is 38.6 Å². The van der Waals surface area contributed by atoms with Gasteiger partial charge in [-0.1, -0.05) is 6.92 Å². The van der Waals surface area contributed by atoms with E-state index in [1.807, 2.05) is 0 Å². The topological polar surface area (TPSA) is 15.3 Å². The zero-order valence-corrected chi connectivity index (χ0v) is 7.93. The number of nitrogens with one attached hydrogen (secondary N) is 1. The maximum atomic E-state index is 3.41. The van der Waals surface area contributed by atoms with Crippen LogP contribution in [0.5, 0.6) is 0 Å². The Hall–Kier alpha value is -0.0800. The van der Waals surface area contributed by atoms with Crippen LogP contribution >= 0.6 is 0 Å². The SMILES string of the molecule is CC(CN(C)C)C1CCNC1. The fraction of sp³-hybridized carbons (Fsp3) is 1.00. The molecule has 1 heterocycles. The summed E-state index contributed by atoms with van der Waals surface area (Å²) in [6.07, 6.45) is 1.37. The Morgan fingerprint density at radius 1 is 1.55 bits per heavy atom. The van der Waals surface area contributed by atoms with Crippen LogP contribution in [0, 0.1) is 11.8 Å². The van der Waals surface area contributed by atoms with E-state index in [2.05, 4.69) is 31.2 Å². The van der Waals surface area contributed by atoms with E-state index in [9.17, 15) is 0 Å². The van der Waals surface area contributed by atoms with E-state index >= 15 is 0 Å². The summed E-state index contributed by atoms with van der Waals surface area (Å²) in [6.45, 7) is 6.04. The molecule has 0 aromatic heterocycles. The lowest BCUT2D eigenvalue weighted by atomic mass is 9.93. The summed E-state index contributed by atoms with van der Waals surface area (Å²) in [5.74, 6) is 1.76. The average Bonchev–Trinajstić information content (AvgIpc) is 2.35. The minimum atomic E-state index is 0.847. The van der Waals surface area contributed by atoms with Gasteiger partial charge < -0.3 is 10.2 Å². The second kappa shape index (κ2) is 4.07. The van der Waals surface area contributed by atoms with Crippen molar-refractivity contribution in [3.05, 3.63) is 0 Å². The molecule has 1 N–H and O–H groups in total. The highest BCUT2D eigenvalue weighted by molar-refractivity contribution is 4.76. The molecular formula is C9H20N2. The summed E-state index contributed by atoms with van der Waals surface area (Å²) in [5, 5.41) is 3.41. The lowest BCUT2D eigenvalue weighted by Crippen LogP contribution is -2.26. The van der Waals surface area contributed by atoms with Crippen molar-refractivity contribution in [3.63, 3.8) is 0 Å². The van der Waals surface area contributed by atoms with Crippen LogP contribution in [0.25, 0.3) is 0 Å². The van der Waals surface area contributed by atoms with Crippen LogP contribution in [0.3, 0.4) is 0 Å². The van der Waals surface area contributed by atoms with Gasteiger partial charge in [0.05, 0.1) is 0 Å². The summed E-state index contributed by atoms with van der Waals surface area (Å²) < 4.78 is 0. The normalized spacial score (nSPS) is 27.8. The third kappa shape index (κ3) is 2.80. The Morgan fingerprint density at radius 2 is 2.27 bits per heavy atom. The van der Waals surface area contributed by atoms with Crippen molar-refractivity contribution >= 4 is 0 Å². The Bertz CT molecular complexity index is 106. The molecule has 2 nitrogen and oxygen atoms in total. The molecule has 1 aliphatic heterocycles. The molecule has 2 atom stereocenters. The molecule has 0 aromatic carbocycles. The van der Waals surface area contributed by atoms with Gasteiger partial charge in [0, 0.05) is 6.54 Å². The molecule has 2 heteroatoms. The first-order chi connectivity index (χ1) is 5.20. The van der Waals surface area contributed by atoms with Crippen LogP contribution in [0.2, 0.25) is 0 Å². The van der Waals surface area contributed by atoms with Gasteiger partial charge in [0.25, 0.3) is 0 Å². The van der Waals surface area contributed by atoms with Crippen molar-refractivity contribution < 1.29 is 0 Å². The van der Waals surface area contributed by atoms with Crippen LogP contribution in [-0.2, 0) is 0 Å². The van der Waals surface area contributed by atoms with Crippen molar-refractivity contribution in [2.24, 2.45) is 11.8 Å². The molecule has 1 rings (SSSR count). The van der Waals surface area contributed by atoms with Gasteiger partial charge in [0.2, 0.25) is 0 Å². The molecule has 0 saturated carbocycles. The molecule has 0 aliphatic carbocycles. The predicted molar refractivity (Wildman–Crippen MR) is 48.7 cm³/mol. The van der Waals surface area contributed by atoms with Crippen LogP contribution in [0.15, 0.2) is 0 Å². The summed E-state index contributed by atoms with van der Waals surface area (Å²) in [5.41, 5.74) is 0. The third-order valence-corrected chi connectivity index (χ3v) is 2.56. The van der Waals surface area contributed by atoms with Gasteiger partial charge in [-0.3, -0.25) is 0 Å². The zero-order chi connectivity index (χ0) is 8.27. The van der Waals surface area contributed by atoms with Crippen LogP contribution in [0.1, 0.15) is 13.3 Å². The van der Waals surface area contributed by atoms with E-state index in [0.29, 0.717) is 0 Å². The first-order valence-electron chi connectivity index (χ1n) is 4.55. The molecule has 1 aliphatic rings. The number of hydrogen-bond acceptors (Lipinski definition) is 2. The monoisotopic (exact) mass is 156 g/mol. The number of rotatable bonds is 3. The summed E-state index contributed by atoms with van der Waals surface area (Å²) in [4.78, 5) is 2.28. The van der Waals surface area contributed by atoms with Gasteiger partial charge in [0.1, 0.15) is 0 Å². The Labute approximate surface area is 70.0 Å². The molecule has 66 valence electrons. The molecule has 0 amide bonds. The Balaban J connectivity index is 2.22. The molecule has 0 radical (unpaired) electrons. The first kappa shape index (κ1) is 9.01. The Morgan fingerprint density at radius 3 is 2.73 bits per heavy atom. The summed E-state index contributed by atoms with van der Waals surface area (Å²) in [6, 6.07) is 0. The van der Waals surface area contributed by atoms with Crippen molar-refractivity contribution in [1.82, 2.24) is 10.2 Å². The van der Waals surface area contributed by atoms with Gasteiger partial charge in [0.15, 0.2) is 0 Å². The molecule has 0 spiro atoms. The van der Waals surface area contributed by atoms with E-state index < -0.39 is 0 Å². The lowest BCUT2D eigenvalue weighted by Gasteiger charge is -2.21. The zero-order valence-electron chi connectivity index (χ0n) is 7.93. The van der Waals surface area contributed by atoms with E-state index in [0.717, 1.165) is 11.8 Å². The van der Waals surface area contributed by atoms with E-state index in [4.69, 9.17) is 0 Å². The second-order valence-electron chi connectivity index (χ2n) is 3.99. The highest BCUT2D eigenvalue weighted by Crippen LogP contribution is 2.18. The lowest BCUT2D eigenvalue weighted by molar-refractivity contribution is 0.275. The van der Waals surface area contributed by atoms with Gasteiger partial charge >= 0.3 is 0 Å². The minimum absolute atomic E-state index is 0.847. The number of hydrogen-bond donors (Lipinski definition) is 1. The van der Waals surface area contributed by atoms with Crippen molar-refractivity contribution in [1.29, 1.82) is 0 Å². The summed E-state index contributed by atoms with van der Waals surface area (Å²) >= 11 is 0. The van der Waals surface area contributed by atoms with E-state index in [-0.39, 0.29) is 0 Å². The first-order valence-corrected chi connectivity index (χ1v) is 4.55. The quantitative estimate of drug-likeness (QED) is 0.650. The van der Waals surface area contributed by atoms with Gasteiger partial charge in [-0.2, -0.15) is 0 Å². The third-order valence-electron chi connectivity index (χ3n) is 2.56. The van der Waals surface area contributed by atoms with Crippen molar-refractivity contribution in [2.75, 3.05) is 33.7 Å². The summed E-state index contributed by atoms with van der Waals surface area (Å²) in [7, 11) is 4.30. The molecule has 2 unspecified atom stereocenters. The Kier molecular flexibility index (Phi) is 3.34. The van der Waals surface area contributed by atoms with E-state index in [1.165, 1.54) is 26.1 Å². The van der Waals surface area contributed by atoms with Crippen molar-refractivity contribution in [2.45, 2.75) is 13.3 Å². The van der Waals surface area contributed by atoms with Crippen molar-refractivity contribution in [3.8, 4) is 0 Å². The van der Waals surface area contributed by atoms with Gasteiger partial charge in [-0.25, -0.2) is 0 Å². The highest BCUT2D eigenvalue weighted by Gasteiger charge is 2.20. The van der Waals surface area contributed by atoms with Crippen LogP contribution in [0.4, 0.5) is 0 Å². The standard InChI is InChI=1S/C9H20N2/c1-8(7-11(2)3)9-4-5-10-6-9/h8-10H,4-7H2,1-3H3. The molecule has 1 fully saturated rings. The van der Waals surface area contributed by atoms with Gasteiger partial charge in [-0.15, -0.1) is 0 Å². The van der Waals surface area contributed by atoms with Gasteiger partial charge in [-0.05, 0) is 45.4 Å². The maximum absolute atomic E-state index is 3.41. The average molecular weight is 156 g/mol. The molecule has 11 heavy (non-hydrogen) atoms. The smallest absolute Gasteiger partial charge is 0.000405 e. The fourth-order valence-electron chi connectivity index (χ4n) is 1.89. The largest absolute Gasteiger partial charge is 0.316 e. The molecule has 0 aromatic rings. The predicted octanol–water partition coefficient (Wildman–Crippen LogP) is 0.794. The van der Waals surface area contributed by atoms with E-state index in [1.54, 1.807) is 0 Å². The van der Waals surface area contributed by atoms with Crippen LogP contribution < -0.4 is 5.32 Å². The highest BCUT2D eigenvalue weighted by atomic mass is 15.1. The molecular weight excluding hydrogens is 136 g/mol. The second-order valence-corrected chi connectivity index (χ2v) is 3.99. The molecule has 1 saturated heterocycles.